The highest BCUT2D eigenvalue weighted by molar-refractivity contribution is 6.23. The van der Waals surface area contributed by atoms with Crippen LogP contribution in [-0.2, 0) is 0 Å². The molecule has 2 aromatic heterocycles. The van der Waals surface area contributed by atoms with Gasteiger partial charge in [0.2, 0.25) is 0 Å². The molecule has 13 rings (SSSR count). The molecule has 0 fully saturated rings. The van der Waals surface area contributed by atoms with Crippen molar-refractivity contribution in [3.8, 4) is 50.2 Å². The number of rotatable bonds is 8. The quantitative estimate of drug-likeness (QED) is 0.152. The van der Waals surface area contributed by atoms with Crippen LogP contribution < -0.4 is 4.90 Å². The lowest BCUT2D eigenvalue weighted by Crippen LogP contribution is -2.10. The van der Waals surface area contributed by atoms with Crippen molar-refractivity contribution in [1.82, 2.24) is 4.57 Å². The maximum atomic E-state index is 6.65. The van der Waals surface area contributed by atoms with Crippen LogP contribution in [0.3, 0.4) is 0 Å². The molecule has 3 nitrogen and oxygen atoms in total. The molecular weight excluding hydrogens is 813 g/mol. The molecule has 0 N–H and O–H groups in total. The monoisotopic (exact) mass is 854 g/mol. The molecule has 67 heavy (non-hydrogen) atoms. The molecule has 3 heteroatoms. The Morgan fingerprint density at radius 2 is 0.806 bits per heavy atom. The zero-order valence-corrected chi connectivity index (χ0v) is 36.6. The Bertz CT molecular complexity index is 3960. The molecule has 0 atom stereocenters. The SMILES string of the molecule is c1ccc(-c2ccc(N(c3cccc(-c4ccccc4)c3)c3cccc(-c4ccc5c(c4)c(-c4ccc6c7ccccc7n(-c7ccccc7)c6c4)cc4oc6ccccc6c45)c3)cc2)cc1. The first-order valence-corrected chi connectivity index (χ1v) is 22.9. The van der Waals surface area contributed by atoms with E-state index in [1.807, 2.05) is 6.07 Å². The normalized spacial score (nSPS) is 11.6. The average molecular weight is 855 g/mol. The van der Waals surface area contributed by atoms with E-state index in [0.29, 0.717) is 0 Å². The fourth-order valence-electron chi connectivity index (χ4n) is 10.2. The Morgan fingerprint density at radius 3 is 1.54 bits per heavy atom. The van der Waals surface area contributed by atoms with Gasteiger partial charge in [0, 0.05) is 44.3 Å². The summed E-state index contributed by atoms with van der Waals surface area (Å²) in [5.74, 6) is 0. The van der Waals surface area contributed by atoms with Gasteiger partial charge in [0.05, 0.1) is 11.0 Å². The number of aromatic nitrogens is 1. The molecule has 0 spiro atoms. The summed E-state index contributed by atoms with van der Waals surface area (Å²) in [4.78, 5) is 2.37. The van der Waals surface area contributed by atoms with Gasteiger partial charge in [-0.25, -0.2) is 0 Å². The molecule has 0 saturated carbocycles. The Hall–Kier alpha value is -8.92. The van der Waals surface area contributed by atoms with Crippen molar-refractivity contribution in [2.24, 2.45) is 0 Å². The summed E-state index contributed by atoms with van der Waals surface area (Å²) in [6.45, 7) is 0. The molecule has 0 aliphatic carbocycles. The second-order valence-electron chi connectivity index (χ2n) is 17.3. The molecular formula is C64H42N2O. The van der Waals surface area contributed by atoms with Crippen LogP contribution >= 0.6 is 0 Å². The Balaban J connectivity index is 0.992. The third-order valence-corrected chi connectivity index (χ3v) is 13.4. The van der Waals surface area contributed by atoms with E-state index in [0.717, 1.165) is 66.9 Å². The summed E-state index contributed by atoms with van der Waals surface area (Å²) >= 11 is 0. The summed E-state index contributed by atoms with van der Waals surface area (Å²) in [6.07, 6.45) is 0. The van der Waals surface area contributed by atoms with E-state index < -0.39 is 0 Å². The number of fused-ring (bicyclic) bond motifs is 8. The lowest BCUT2D eigenvalue weighted by atomic mass is 9.91. The second-order valence-corrected chi connectivity index (χ2v) is 17.3. The molecule has 0 amide bonds. The second kappa shape index (κ2) is 16.0. The van der Waals surface area contributed by atoms with Crippen molar-refractivity contribution in [3.63, 3.8) is 0 Å². The third kappa shape index (κ3) is 6.67. The van der Waals surface area contributed by atoms with Crippen LogP contribution in [0, 0.1) is 0 Å². The van der Waals surface area contributed by atoms with Gasteiger partial charge in [-0.1, -0.05) is 176 Å². The Kier molecular flexibility index (Phi) is 9.17. The van der Waals surface area contributed by atoms with E-state index in [9.17, 15) is 0 Å². The molecule has 2 heterocycles. The van der Waals surface area contributed by atoms with E-state index in [-0.39, 0.29) is 0 Å². The highest BCUT2D eigenvalue weighted by Gasteiger charge is 2.20. The van der Waals surface area contributed by atoms with Crippen molar-refractivity contribution >= 4 is 71.6 Å². The Morgan fingerprint density at radius 1 is 0.284 bits per heavy atom. The number of furan rings is 1. The lowest BCUT2D eigenvalue weighted by molar-refractivity contribution is 0.669. The van der Waals surface area contributed by atoms with Gasteiger partial charge in [0.15, 0.2) is 0 Å². The highest BCUT2D eigenvalue weighted by Crippen LogP contribution is 2.44. The van der Waals surface area contributed by atoms with E-state index in [4.69, 9.17) is 4.42 Å². The molecule has 11 aromatic carbocycles. The number of benzene rings is 11. The smallest absolute Gasteiger partial charge is 0.136 e. The first-order valence-electron chi connectivity index (χ1n) is 22.9. The molecule has 13 aromatic rings. The van der Waals surface area contributed by atoms with Crippen molar-refractivity contribution in [2.45, 2.75) is 0 Å². The summed E-state index contributed by atoms with van der Waals surface area (Å²) in [7, 11) is 0. The van der Waals surface area contributed by atoms with Crippen LogP contribution in [0.2, 0.25) is 0 Å². The third-order valence-electron chi connectivity index (χ3n) is 13.4. The first kappa shape index (κ1) is 38.5. The minimum atomic E-state index is 0.883. The fourth-order valence-corrected chi connectivity index (χ4v) is 10.2. The minimum Gasteiger partial charge on any atom is -0.456 e. The Labute approximate surface area is 388 Å². The van der Waals surface area contributed by atoms with Gasteiger partial charge >= 0.3 is 0 Å². The van der Waals surface area contributed by atoms with Crippen LogP contribution in [0.15, 0.2) is 259 Å². The standard InChI is InChI=1S/C64H42N2O/c1-4-16-43(17-5-1)45-30-34-51(35-31-45)65(52-24-14-20-46(38-52)44-18-6-2-7-19-44)53-25-15-21-47(39-53)48-32-37-56-59(40-48)58(42-63-64(56)57-27-11-13-29-62(57)67-63)49-33-36-55-54-26-10-12-28-60(54)66(61(55)41-49)50-22-8-3-9-23-50/h1-42H. The van der Waals surface area contributed by atoms with Gasteiger partial charge in [-0.3, -0.25) is 0 Å². The predicted molar refractivity (Wildman–Crippen MR) is 282 cm³/mol. The summed E-state index contributed by atoms with van der Waals surface area (Å²) in [6, 6.07) is 91.9. The van der Waals surface area contributed by atoms with Gasteiger partial charge in [0.25, 0.3) is 0 Å². The minimum absolute atomic E-state index is 0.883. The van der Waals surface area contributed by atoms with Crippen LogP contribution in [0.4, 0.5) is 17.1 Å². The van der Waals surface area contributed by atoms with E-state index in [1.54, 1.807) is 0 Å². The van der Waals surface area contributed by atoms with Crippen molar-refractivity contribution in [1.29, 1.82) is 0 Å². The zero-order valence-electron chi connectivity index (χ0n) is 36.6. The fraction of sp³-hybridized carbons (Fsp3) is 0. The van der Waals surface area contributed by atoms with Crippen molar-refractivity contribution in [2.75, 3.05) is 4.90 Å². The van der Waals surface area contributed by atoms with Gasteiger partial charge < -0.3 is 13.9 Å². The first-order chi connectivity index (χ1) is 33.2. The largest absolute Gasteiger partial charge is 0.456 e. The zero-order chi connectivity index (χ0) is 44.3. The van der Waals surface area contributed by atoms with E-state index >= 15 is 0 Å². The van der Waals surface area contributed by atoms with E-state index in [1.165, 1.54) is 54.8 Å². The molecule has 0 radical (unpaired) electrons. The maximum Gasteiger partial charge on any atom is 0.136 e. The van der Waals surface area contributed by atoms with E-state index in [2.05, 4.69) is 258 Å². The molecule has 0 aliphatic heterocycles. The lowest BCUT2D eigenvalue weighted by Gasteiger charge is -2.27. The number of para-hydroxylation sites is 3. The van der Waals surface area contributed by atoms with Gasteiger partial charge in [-0.2, -0.15) is 0 Å². The average Bonchev–Trinajstić information content (AvgIpc) is 3.95. The molecule has 0 unspecified atom stereocenters. The van der Waals surface area contributed by atoms with Crippen LogP contribution in [0.1, 0.15) is 0 Å². The molecule has 0 saturated heterocycles. The van der Waals surface area contributed by atoms with Crippen molar-refractivity contribution in [3.05, 3.63) is 255 Å². The molecule has 314 valence electrons. The van der Waals surface area contributed by atoms with Crippen molar-refractivity contribution < 1.29 is 4.42 Å². The predicted octanol–water partition coefficient (Wildman–Crippen LogP) is 18.0. The number of anilines is 3. The highest BCUT2D eigenvalue weighted by atomic mass is 16.3. The maximum absolute atomic E-state index is 6.65. The van der Waals surface area contributed by atoms with Gasteiger partial charge in [-0.15, -0.1) is 0 Å². The summed E-state index contributed by atoms with van der Waals surface area (Å²) in [5.41, 5.74) is 17.8. The topological polar surface area (TPSA) is 21.3 Å². The summed E-state index contributed by atoms with van der Waals surface area (Å²) in [5, 5.41) is 7.06. The number of hydrogen-bond donors (Lipinski definition) is 0. The number of nitrogens with zero attached hydrogens (tertiary/aromatic N) is 2. The van der Waals surface area contributed by atoms with Gasteiger partial charge in [0.1, 0.15) is 11.2 Å². The molecule has 0 aliphatic rings. The van der Waals surface area contributed by atoms with Crippen LogP contribution in [-0.4, -0.2) is 4.57 Å². The van der Waals surface area contributed by atoms with Gasteiger partial charge in [-0.05, 0) is 134 Å². The number of hydrogen-bond acceptors (Lipinski definition) is 2. The summed E-state index contributed by atoms with van der Waals surface area (Å²) < 4.78 is 9.04. The molecule has 0 bridgehead atoms. The van der Waals surface area contributed by atoms with Crippen LogP contribution in [0.5, 0.6) is 0 Å². The van der Waals surface area contributed by atoms with Crippen LogP contribution in [0.25, 0.3) is 105 Å².